The van der Waals surface area contributed by atoms with E-state index in [-0.39, 0.29) is 18.6 Å². The summed E-state index contributed by atoms with van der Waals surface area (Å²) in [6, 6.07) is 10.8. The Morgan fingerprint density at radius 2 is 2.10 bits per heavy atom. The molecule has 1 atom stereocenters. The number of nitrogens with two attached hydrogens (primary N) is 1. The van der Waals surface area contributed by atoms with Gasteiger partial charge in [0.25, 0.3) is 5.91 Å². The molecule has 0 fully saturated rings. The van der Waals surface area contributed by atoms with Gasteiger partial charge in [-0.3, -0.25) is 9.59 Å². The Bertz CT molecular complexity index is 945. The molecule has 2 aromatic carbocycles. The summed E-state index contributed by atoms with van der Waals surface area (Å²) in [5.41, 5.74) is 6.78. The first-order chi connectivity index (χ1) is 14.0. The summed E-state index contributed by atoms with van der Waals surface area (Å²) in [5.74, 6) is 0.838. The largest absolute Gasteiger partial charge is 0.493 e. The lowest BCUT2D eigenvalue weighted by molar-refractivity contribution is -0.120. The van der Waals surface area contributed by atoms with E-state index < -0.39 is 5.91 Å². The number of amides is 2. The molecular formula is C21H21BrN2O5. The van der Waals surface area contributed by atoms with E-state index in [1.54, 1.807) is 24.3 Å². The number of carbonyl (C=O) groups excluding carboxylic acids is 2. The van der Waals surface area contributed by atoms with Crippen LogP contribution < -0.4 is 25.3 Å². The molecule has 29 heavy (non-hydrogen) atoms. The van der Waals surface area contributed by atoms with Gasteiger partial charge in [-0.25, -0.2) is 0 Å². The third-order valence-corrected chi connectivity index (χ3v) is 4.81. The van der Waals surface area contributed by atoms with Crippen LogP contribution in [0.3, 0.4) is 0 Å². The molecule has 0 aromatic heterocycles. The first-order valence-electron chi connectivity index (χ1n) is 8.96. The van der Waals surface area contributed by atoms with Gasteiger partial charge < -0.3 is 25.3 Å². The van der Waals surface area contributed by atoms with Gasteiger partial charge in [-0.2, -0.15) is 0 Å². The van der Waals surface area contributed by atoms with Crippen molar-refractivity contribution in [3.8, 4) is 17.2 Å². The molecular weight excluding hydrogens is 440 g/mol. The van der Waals surface area contributed by atoms with Gasteiger partial charge in [-0.1, -0.05) is 22.0 Å². The summed E-state index contributed by atoms with van der Waals surface area (Å²) in [6.45, 7) is 0.309. The maximum absolute atomic E-state index is 12.4. The number of rotatable bonds is 7. The number of carbonyl (C=O) groups is 2. The van der Waals surface area contributed by atoms with Crippen LogP contribution in [0, 0.1) is 0 Å². The van der Waals surface area contributed by atoms with Crippen LogP contribution in [0.15, 0.2) is 46.9 Å². The van der Waals surface area contributed by atoms with Crippen molar-refractivity contribution in [2.24, 2.45) is 5.73 Å². The van der Waals surface area contributed by atoms with Crippen molar-refractivity contribution in [2.75, 3.05) is 20.3 Å². The van der Waals surface area contributed by atoms with E-state index in [1.807, 2.05) is 18.2 Å². The summed E-state index contributed by atoms with van der Waals surface area (Å²) < 4.78 is 17.1. The quantitative estimate of drug-likeness (QED) is 0.618. The Morgan fingerprint density at radius 3 is 2.86 bits per heavy atom. The maximum atomic E-state index is 12.4. The monoisotopic (exact) mass is 460 g/mol. The number of nitrogens with one attached hydrogen (secondary N) is 1. The van der Waals surface area contributed by atoms with Crippen LogP contribution >= 0.6 is 15.9 Å². The normalized spacial score (nSPS) is 15.3. The number of hydrogen-bond acceptors (Lipinski definition) is 5. The molecule has 3 N–H and O–H groups in total. The summed E-state index contributed by atoms with van der Waals surface area (Å²) in [6.07, 6.45) is 3.84. The second-order valence-corrected chi connectivity index (χ2v) is 7.29. The van der Waals surface area contributed by atoms with E-state index in [9.17, 15) is 9.59 Å². The zero-order valence-electron chi connectivity index (χ0n) is 15.8. The van der Waals surface area contributed by atoms with Crippen LogP contribution in [0.4, 0.5) is 0 Å². The molecule has 0 saturated carbocycles. The van der Waals surface area contributed by atoms with Crippen LogP contribution in [0.5, 0.6) is 17.2 Å². The third kappa shape index (κ3) is 5.51. The molecule has 3 rings (SSSR count). The zero-order chi connectivity index (χ0) is 20.8. The minimum atomic E-state index is -0.575. The number of methoxy groups -OCH3 is 1. The zero-order valence-corrected chi connectivity index (χ0v) is 17.4. The number of primary amides is 1. The highest BCUT2D eigenvalue weighted by molar-refractivity contribution is 9.10. The molecule has 8 heteroatoms. The molecule has 0 spiro atoms. The average molecular weight is 461 g/mol. The predicted octanol–water partition coefficient (Wildman–Crippen LogP) is 2.98. The standard InChI is InChI=1S/C21H21BrN2O5/c1-27-19-10-13(2-5-18(19)29-12-20(23)25)3-7-21(26)24-16-8-9-28-17-6-4-14(22)11-15(16)17/h2-7,10-11,16H,8-9,12H2,1H3,(H2,23,25)(H,24,26)/b7-3+. The smallest absolute Gasteiger partial charge is 0.255 e. The minimum absolute atomic E-state index is 0.118. The van der Waals surface area contributed by atoms with Crippen molar-refractivity contribution >= 4 is 33.8 Å². The highest BCUT2D eigenvalue weighted by Crippen LogP contribution is 2.34. The van der Waals surface area contributed by atoms with Gasteiger partial charge in [0.05, 0.1) is 19.8 Å². The van der Waals surface area contributed by atoms with Gasteiger partial charge in [0.15, 0.2) is 18.1 Å². The van der Waals surface area contributed by atoms with Crippen LogP contribution in [0.1, 0.15) is 23.6 Å². The van der Waals surface area contributed by atoms with Crippen LogP contribution in [0.2, 0.25) is 0 Å². The number of ether oxygens (including phenoxy) is 3. The molecule has 2 aromatic rings. The van der Waals surface area contributed by atoms with E-state index in [2.05, 4.69) is 21.2 Å². The fraction of sp³-hybridized carbons (Fsp3) is 0.238. The average Bonchev–Trinajstić information content (AvgIpc) is 2.71. The van der Waals surface area contributed by atoms with Gasteiger partial charge >= 0.3 is 0 Å². The summed E-state index contributed by atoms with van der Waals surface area (Å²) in [7, 11) is 1.49. The summed E-state index contributed by atoms with van der Waals surface area (Å²) in [4.78, 5) is 23.3. The van der Waals surface area contributed by atoms with Gasteiger partial charge in [0, 0.05) is 22.5 Å². The van der Waals surface area contributed by atoms with Crippen molar-refractivity contribution < 1.29 is 23.8 Å². The second kappa shape index (κ2) is 9.47. The molecule has 1 aliphatic heterocycles. The molecule has 0 radical (unpaired) electrons. The summed E-state index contributed by atoms with van der Waals surface area (Å²) in [5, 5.41) is 3.01. The minimum Gasteiger partial charge on any atom is -0.493 e. The van der Waals surface area contributed by atoms with Crippen LogP contribution in [-0.2, 0) is 9.59 Å². The Hall–Kier alpha value is -3.00. The van der Waals surface area contributed by atoms with Gasteiger partial charge in [-0.15, -0.1) is 0 Å². The molecule has 152 valence electrons. The van der Waals surface area contributed by atoms with E-state index in [4.69, 9.17) is 19.9 Å². The van der Waals surface area contributed by atoms with E-state index in [0.29, 0.717) is 24.5 Å². The van der Waals surface area contributed by atoms with Crippen LogP contribution in [0.25, 0.3) is 6.08 Å². The van der Waals surface area contributed by atoms with Crippen molar-refractivity contribution in [2.45, 2.75) is 12.5 Å². The van der Waals surface area contributed by atoms with Crippen molar-refractivity contribution in [3.05, 3.63) is 58.1 Å². The SMILES string of the molecule is COc1cc(/C=C/C(=O)NC2CCOc3ccc(Br)cc32)ccc1OCC(N)=O. The molecule has 1 aliphatic rings. The lowest BCUT2D eigenvalue weighted by Gasteiger charge is -2.26. The molecule has 7 nitrogen and oxygen atoms in total. The Morgan fingerprint density at radius 1 is 1.28 bits per heavy atom. The Balaban J connectivity index is 1.67. The third-order valence-electron chi connectivity index (χ3n) is 4.31. The fourth-order valence-electron chi connectivity index (χ4n) is 2.96. The lowest BCUT2D eigenvalue weighted by atomic mass is 10.0. The predicted molar refractivity (Wildman–Crippen MR) is 112 cm³/mol. The molecule has 2 amide bonds. The number of fused-ring (bicyclic) bond motifs is 1. The van der Waals surface area contributed by atoms with Gasteiger partial charge in [-0.05, 0) is 42.0 Å². The van der Waals surface area contributed by atoms with E-state index in [1.165, 1.54) is 13.2 Å². The Kier molecular flexibility index (Phi) is 6.77. The molecule has 0 aliphatic carbocycles. The number of benzene rings is 2. The van der Waals surface area contributed by atoms with Crippen molar-refractivity contribution in [3.63, 3.8) is 0 Å². The van der Waals surface area contributed by atoms with Gasteiger partial charge in [0.2, 0.25) is 5.91 Å². The number of halogens is 1. The topological polar surface area (TPSA) is 99.9 Å². The lowest BCUT2D eigenvalue weighted by Crippen LogP contribution is -2.31. The Labute approximate surface area is 176 Å². The molecule has 1 unspecified atom stereocenters. The first-order valence-corrected chi connectivity index (χ1v) is 9.75. The van der Waals surface area contributed by atoms with Crippen LogP contribution in [-0.4, -0.2) is 32.1 Å². The second-order valence-electron chi connectivity index (χ2n) is 6.38. The molecule has 0 saturated heterocycles. The van der Waals surface area contributed by atoms with Gasteiger partial charge in [0.1, 0.15) is 5.75 Å². The fourth-order valence-corrected chi connectivity index (χ4v) is 3.34. The molecule has 1 heterocycles. The maximum Gasteiger partial charge on any atom is 0.255 e. The first kappa shape index (κ1) is 20.7. The van der Waals surface area contributed by atoms with Crippen molar-refractivity contribution in [1.82, 2.24) is 5.32 Å². The van der Waals surface area contributed by atoms with Crippen molar-refractivity contribution in [1.29, 1.82) is 0 Å². The highest BCUT2D eigenvalue weighted by Gasteiger charge is 2.22. The summed E-state index contributed by atoms with van der Waals surface area (Å²) >= 11 is 3.45. The van der Waals surface area contributed by atoms with E-state index >= 15 is 0 Å². The number of hydrogen-bond donors (Lipinski definition) is 2. The highest BCUT2D eigenvalue weighted by atomic mass is 79.9. The molecule has 0 bridgehead atoms. The van der Waals surface area contributed by atoms with E-state index in [0.717, 1.165) is 21.3 Å².